The van der Waals surface area contributed by atoms with E-state index in [1.807, 2.05) is 24.3 Å². The molecule has 0 unspecified atom stereocenters. The van der Waals surface area contributed by atoms with Gasteiger partial charge in [0, 0.05) is 10.8 Å². The molecule has 3 aromatic carbocycles. The normalized spacial score (nSPS) is 29.1. The van der Waals surface area contributed by atoms with Crippen LogP contribution in [-0.2, 0) is 5.41 Å². The van der Waals surface area contributed by atoms with Gasteiger partial charge in [0.05, 0.1) is 16.8 Å². The van der Waals surface area contributed by atoms with Crippen LogP contribution in [-0.4, -0.2) is 15.1 Å². The Labute approximate surface area is 182 Å². The average Bonchev–Trinajstić information content (AvgIpc) is 2.77. The molecule has 154 valence electrons. The summed E-state index contributed by atoms with van der Waals surface area (Å²) < 4.78 is 0. The molecule has 1 aromatic heterocycles. The molecule has 8 rings (SSSR count). The van der Waals surface area contributed by atoms with E-state index in [2.05, 4.69) is 30.3 Å². The Morgan fingerprint density at radius 1 is 0.710 bits per heavy atom. The number of benzene rings is 3. The lowest BCUT2D eigenvalue weighted by molar-refractivity contribution is -0.00918. The van der Waals surface area contributed by atoms with Crippen LogP contribution in [0.1, 0.15) is 44.3 Å². The molecule has 4 saturated carbocycles. The molecule has 4 aliphatic rings. The van der Waals surface area contributed by atoms with Gasteiger partial charge in [-0.25, -0.2) is 9.97 Å². The van der Waals surface area contributed by atoms with Crippen molar-refractivity contribution in [2.24, 2.45) is 17.8 Å². The number of para-hydroxylation sites is 1. The first-order valence-electron chi connectivity index (χ1n) is 11.7. The van der Waals surface area contributed by atoms with Crippen LogP contribution in [0.3, 0.4) is 0 Å². The summed E-state index contributed by atoms with van der Waals surface area (Å²) in [6, 6.07) is 20.4. The van der Waals surface area contributed by atoms with Crippen molar-refractivity contribution in [1.82, 2.24) is 9.97 Å². The second-order valence-electron chi connectivity index (χ2n) is 10.3. The molecule has 0 aliphatic heterocycles. The predicted molar refractivity (Wildman–Crippen MR) is 124 cm³/mol. The maximum Gasteiger partial charge on any atom is 0.135 e. The highest BCUT2D eigenvalue weighted by Crippen LogP contribution is 2.60. The van der Waals surface area contributed by atoms with Gasteiger partial charge in [0.25, 0.3) is 0 Å². The lowest BCUT2D eigenvalue weighted by Crippen LogP contribution is -2.49. The number of hydrogen-bond donors (Lipinski definition) is 1. The molecule has 0 saturated heterocycles. The summed E-state index contributed by atoms with van der Waals surface area (Å²) in [5.41, 5.74) is 2.83. The van der Waals surface area contributed by atoms with Gasteiger partial charge in [-0.3, -0.25) is 0 Å². The molecular weight excluding hydrogens is 380 g/mol. The second-order valence-corrected chi connectivity index (χ2v) is 10.3. The fraction of sp³-hybridized carbons (Fsp3) is 0.357. The van der Waals surface area contributed by atoms with Gasteiger partial charge in [0.15, 0.2) is 0 Å². The Balaban J connectivity index is 1.51. The van der Waals surface area contributed by atoms with Crippen molar-refractivity contribution in [3.63, 3.8) is 0 Å². The zero-order valence-corrected chi connectivity index (χ0v) is 17.6. The number of aromatic hydroxyl groups is 1. The van der Waals surface area contributed by atoms with E-state index in [1.54, 1.807) is 6.07 Å². The van der Waals surface area contributed by atoms with E-state index in [9.17, 15) is 5.11 Å². The second kappa shape index (κ2) is 6.29. The van der Waals surface area contributed by atoms with Gasteiger partial charge < -0.3 is 5.11 Å². The van der Waals surface area contributed by atoms with E-state index in [0.717, 1.165) is 56.5 Å². The fourth-order valence-corrected chi connectivity index (χ4v) is 7.40. The van der Waals surface area contributed by atoms with Crippen molar-refractivity contribution in [1.29, 1.82) is 0 Å². The first kappa shape index (κ1) is 17.7. The Bertz CT molecular complexity index is 1310. The topological polar surface area (TPSA) is 46.0 Å². The fourth-order valence-electron chi connectivity index (χ4n) is 7.40. The molecule has 3 heteroatoms. The lowest BCUT2D eigenvalue weighted by Gasteiger charge is -2.56. The smallest absolute Gasteiger partial charge is 0.135 e. The van der Waals surface area contributed by atoms with Gasteiger partial charge in [0.2, 0.25) is 0 Å². The van der Waals surface area contributed by atoms with Crippen LogP contribution in [0.15, 0.2) is 60.7 Å². The van der Waals surface area contributed by atoms with Crippen molar-refractivity contribution in [3.05, 3.63) is 66.5 Å². The van der Waals surface area contributed by atoms with Crippen LogP contribution in [0.4, 0.5) is 0 Å². The van der Waals surface area contributed by atoms with Crippen LogP contribution in [0.2, 0.25) is 0 Å². The monoisotopic (exact) mass is 406 g/mol. The minimum absolute atomic E-state index is 0.119. The van der Waals surface area contributed by atoms with E-state index in [0.29, 0.717) is 5.75 Å². The highest BCUT2D eigenvalue weighted by Gasteiger charge is 2.53. The third kappa shape index (κ3) is 2.59. The highest BCUT2D eigenvalue weighted by atomic mass is 16.3. The molecule has 4 fully saturated rings. The molecule has 0 spiro atoms. The minimum atomic E-state index is 0.119. The van der Waals surface area contributed by atoms with Crippen molar-refractivity contribution in [3.8, 4) is 17.0 Å². The number of phenolic OH excluding ortho intramolecular Hbond substituents is 1. The number of rotatable bonds is 2. The summed E-state index contributed by atoms with van der Waals surface area (Å²) in [6.07, 6.45) is 7.92. The Morgan fingerprint density at radius 3 is 2.10 bits per heavy atom. The van der Waals surface area contributed by atoms with E-state index in [-0.39, 0.29) is 5.41 Å². The van der Waals surface area contributed by atoms with Gasteiger partial charge in [-0.2, -0.15) is 0 Å². The van der Waals surface area contributed by atoms with Crippen molar-refractivity contribution in [2.45, 2.75) is 43.9 Å². The standard InChI is InChI=1S/C28H26N2O/c31-24-10-9-20-5-1-2-6-21(20)25(24)26-22-7-3-4-8-23(22)29-27(30-26)28-14-17-11-18(15-28)13-19(12-17)16-28/h1-10,17-19,31H,11-16H2. The molecule has 4 aliphatic carbocycles. The van der Waals surface area contributed by atoms with Gasteiger partial charge >= 0.3 is 0 Å². The molecular formula is C28H26N2O. The number of aromatic nitrogens is 2. The molecule has 31 heavy (non-hydrogen) atoms. The maximum absolute atomic E-state index is 11.0. The van der Waals surface area contributed by atoms with E-state index < -0.39 is 0 Å². The zero-order chi connectivity index (χ0) is 20.6. The minimum Gasteiger partial charge on any atom is -0.507 e. The summed E-state index contributed by atoms with van der Waals surface area (Å²) in [7, 11) is 0. The summed E-state index contributed by atoms with van der Waals surface area (Å²) in [6.45, 7) is 0. The van der Waals surface area contributed by atoms with Gasteiger partial charge in [-0.1, -0.05) is 48.5 Å². The molecule has 1 heterocycles. The van der Waals surface area contributed by atoms with Gasteiger partial charge in [-0.05, 0) is 79.2 Å². The Hall–Kier alpha value is -2.94. The predicted octanol–water partition coefficient (Wildman–Crippen LogP) is 6.62. The van der Waals surface area contributed by atoms with Crippen LogP contribution < -0.4 is 0 Å². The molecule has 0 amide bonds. The largest absolute Gasteiger partial charge is 0.507 e. The van der Waals surface area contributed by atoms with Crippen molar-refractivity contribution < 1.29 is 5.11 Å². The summed E-state index contributed by atoms with van der Waals surface area (Å²) in [5, 5.41) is 14.2. The summed E-state index contributed by atoms with van der Waals surface area (Å²) in [5.74, 6) is 3.84. The quantitative estimate of drug-likeness (QED) is 0.407. The van der Waals surface area contributed by atoms with Crippen LogP contribution in [0.5, 0.6) is 5.75 Å². The summed E-state index contributed by atoms with van der Waals surface area (Å²) >= 11 is 0. The molecule has 0 atom stereocenters. The van der Waals surface area contributed by atoms with E-state index in [1.165, 1.54) is 38.5 Å². The average molecular weight is 407 g/mol. The van der Waals surface area contributed by atoms with Crippen LogP contribution >= 0.6 is 0 Å². The Morgan fingerprint density at radius 2 is 1.35 bits per heavy atom. The van der Waals surface area contributed by atoms with Gasteiger partial charge in [0.1, 0.15) is 11.6 Å². The lowest BCUT2D eigenvalue weighted by atomic mass is 9.49. The summed E-state index contributed by atoms with van der Waals surface area (Å²) in [4.78, 5) is 10.5. The zero-order valence-electron chi connectivity index (χ0n) is 17.6. The SMILES string of the molecule is Oc1ccc2ccccc2c1-c1nc(C23CC4CC(CC(C4)C2)C3)nc2ccccc12. The van der Waals surface area contributed by atoms with Gasteiger partial charge in [-0.15, -0.1) is 0 Å². The number of nitrogens with zero attached hydrogens (tertiary/aromatic N) is 2. The van der Waals surface area contributed by atoms with Crippen molar-refractivity contribution in [2.75, 3.05) is 0 Å². The van der Waals surface area contributed by atoms with Crippen LogP contribution in [0, 0.1) is 17.8 Å². The maximum atomic E-state index is 11.0. The molecule has 4 aromatic rings. The number of phenols is 1. The van der Waals surface area contributed by atoms with E-state index >= 15 is 0 Å². The molecule has 1 N–H and O–H groups in total. The first-order chi connectivity index (χ1) is 15.2. The van der Waals surface area contributed by atoms with E-state index in [4.69, 9.17) is 9.97 Å². The highest BCUT2D eigenvalue weighted by molar-refractivity contribution is 6.05. The number of hydrogen-bond acceptors (Lipinski definition) is 3. The number of fused-ring (bicyclic) bond motifs is 2. The van der Waals surface area contributed by atoms with Crippen LogP contribution in [0.25, 0.3) is 32.9 Å². The third-order valence-electron chi connectivity index (χ3n) is 8.26. The molecule has 4 bridgehead atoms. The Kier molecular flexibility index (Phi) is 3.59. The third-order valence-corrected chi connectivity index (χ3v) is 8.26. The van der Waals surface area contributed by atoms with Crippen molar-refractivity contribution >= 4 is 21.7 Å². The molecule has 3 nitrogen and oxygen atoms in total. The molecule has 0 radical (unpaired) electrons. The first-order valence-corrected chi connectivity index (χ1v) is 11.7.